The molecule has 0 aliphatic carbocycles. The molecule has 11 heavy (non-hydrogen) atoms. The van der Waals surface area contributed by atoms with Crippen LogP contribution in [0.5, 0.6) is 0 Å². The first-order valence-corrected chi connectivity index (χ1v) is 3.98. The van der Waals surface area contributed by atoms with Crippen LogP contribution in [0.25, 0.3) is 0 Å². The van der Waals surface area contributed by atoms with Crippen molar-refractivity contribution in [2.75, 3.05) is 0 Å². The lowest BCUT2D eigenvalue weighted by Crippen LogP contribution is -2.24. The van der Waals surface area contributed by atoms with Crippen molar-refractivity contribution in [3.63, 3.8) is 0 Å². The monoisotopic (exact) mass is 155 g/mol. The predicted molar refractivity (Wildman–Crippen MR) is 40.7 cm³/mol. The van der Waals surface area contributed by atoms with Gasteiger partial charge >= 0.3 is 0 Å². The quantitative estimate of drug-likeness (QED) is 0.596. The van der Waals surface area contributed by atoms with Gasteiger partial charge in [-0.1, -0.05) is 20.3 Å². The number of hydrogen-bond donors (Lipinski definition) is 1. The zero-order valence-corrected chi connectivity index (χ0v) is 6.89. The molecule has 0 unspecified atom stereocenters. The van der Waals surface area contributed by atoms with Crippen LogP contribution in [0, 0.1) is 11.8 Å². The van der Waals surface area contributed by atoms with Crippen molar-refractivity contribution in [1.29, 1.82) is 0 Å². The lowest BCUT2D eigenvalue weighted by molar-refractivity contribution is -0.126. The Morgan fingerprint density at radius 2 is 2.27 bits per heavy atom. The fourth-order valence-electron chi connectivity index (χ4n) is 1.32. The number of nitrogens with one attached hydrogen (secondary N) is 1. The fraction of sp³-hybridized carbons (Fsp3) is 0.750. The van der Waals surface area contributed by atoms with Crippen LogP contribution in [-0.2, 0) is 9.59 Å². The van der Waals surface area contributed by atoms with Gasteiger partial charge in [-0.2, -0.15) is 0 Å². The molecule has 1 rings (SSSR count). The standard InChI is InChI=1S/C8H13NO2/c1-3-5(2)6-4-7(10)9-8(6)11/h5-6H,3-4H2,1-2H3,(H,9,10,11)/t5-,6+/m0/s1. The highest BCUT2D eigenvalue weighted by Gasteiger charge is 2.33. The minimum absolute atomic E-state index is 0.0764. The first-order valence-electron chi connectivity index (χ1n) is 3.98. The second-order valence-corrected chi connectivity index (χ2v) is 3.11. The molecule has 0 aromatic rings. The normalized spacial score (nSPS) is 26.9. The van der Waals surface area contributed by atoms with Crippen molar-refractivity contribution in [3.8, 4) is 0 Å². The number of amides is 2. The van der Waals surface area contributed by atoms with Gasteiger partial charge in [-0.3, -0.25) is 14.9 Å². The third-order valence-electron chi connectivity index (χ3n) is 2.34. The van der Waals surface area contributed by atoms with Crippen LogP contribution >= 0.6 is 0 Å². The van der Waals surface area contributed by atoms with Crippen LogP contribution in [-0.4, -0.2) is 11.8 Å². The van der Waals surface area contributed by atoms with E-state index in [1.54, 1.807) is 0 Å². The van der Waals surface area contributed by atoms with Gasteiger partial charge in [0.25, 0.3) is 0 Å². The van der Waals surface area contributed by atoms with Gasteiger partial charge in [0.2, 0.25) is 11.8 Å². The average Bonchev–Trinajstić information content (AvgIpc) is 2.28. The van der Waals surface area contributed by atoms with Gasteiger partial charge < -0.3 is 0 Å². The topological polar surface area (TPSA) is 46.2 Å². The molecule has 0 spiro atoms. The smallest absolute Gasteiger partial charge is 0.230 e. The lowest BCUT2D eigenvalue weighted by atomic mass is 9.91. The van der Waals surface area contributed by atoms with E-state index in [1.165, 1.54) is 0 Å². The van der Waals surface area contributed by atoms with Crippen molar-refractivity contribution in [1.82, 2.24) is 5.32 Å². The molecular formula is C8H13NO2. The molecule has 0 aromatic heterocycles. The Bertz CT molecular complexity index is 189. The Morgan fingerprint density at radius 3 is 2.64 bits per heavy atom. The second-order valence-electron chi connectivity index (χ2n) is 3.11. The molecule has 1 saturated heterocycles. The first-order chi connectivity index (χ1) is 5.15. The van der Waals surface area contributed by atoms with Crippen molar-refractivity contribution < 1.29 is 9.59 Å². The lowest BCUT2D eigenvalue weighted by Gasteiger charge is -2.12. The molecule has 1 aliphatic rings. The molecule has 0 radical (unpaired) electrons. The Morgan fingerprint density at radius 1 is 1.64 bits per heavy atom. The summed E-state index contributed by atoms with van der Waals surface area (Å²) in [7, 11) is 0. The third-order valence-corrected chi connectivity index (χ3v) is 2.34. The van der Waals surface area contributed by atoms with Gasteiger partial charge in [-0.25, -0.2) is 0 Å². The molecule has 3 nitrogen and oxygen atoms in total. The molecular weight excluding hydrogens is 142 g/mol. The maximum absolute atomic E-state index is 11.1. The summed E-state index contributed by atoms with van der Waals surface area (Å²) in [5.74, 6) is 0.0265. The Labute approximate surface area is 66.2 Å². The summed E-state index contributed by atoms with van der Waals surface area (Å²) in [6.07, 6.45) is 1.33. The number of rotatable bonds is 2. The van der Waals surface area contributed by atoms with E-state index in [-0.39, 0.29) is 17.7 Å². The van der Waals surface area contributed by atoms with Crippen LogP contribution in [0.3, 0.4) is 0 Å². The summed E-state index contributed by atoms with van der Waals surface area (Å²) in [6.45, 7) is 4.03. The maximum Gasteiger partial charge on any atom is 0.230 e. The van der Waals surface area contributed by atoms with Crippen molar-refractivity contribution >= 4 is 11.8 Å². The molecule has 2 amide bonds. The van der Waals surface area contributed by atoms with E-state index in [0.717, 1.165) is 6.42 Å². The van der Waals surface area contributed by atoms with E-state index < -0.39 is 0 Å². The highest BCUT2D eigenvalue weighted by Crippen LogP contribution is 2.22. The van der Waals surface area contributed by atoms with Crippen LogP contribution in [0.1, 0.15) is 26.7 Å². The third kappa shape index (κ3) is 1.59. The average molecular weight is 155 g/mol. The van der Waals surface area contributed by atoms with E-state index in [2.05, 4.69) is 5.32 Å². The molecule has 1 fully saturated rings. The molecule has 0 saturated carbocycles. The number of hydrogen-bond acceptors (Lipinski definition) is 2. The highest BCUT2D eigenvalue weighted by molar-refractivity contribution is 6.03. The number of carbonyl (C=O) groups excluding carboxylic acids is 2. The fourth-order valence-corrected chi connectivity index (χ4v) is 1.32. The van der Waals surface area contributed by atoms with Gasteiger partial charge in [0.05, 0.1) is 0 Å². The summed E-state index contributed by atoms with van der Waals surface area (Å²) < 4.78 is 0. The zero-order chi connectivity index (χ0) is 8.43. The summed E-state index contributed by atoms with van der Waals surface area (Å²) in [4.78, 5) is 21.8. The van der Waals surface area contributed by atoms with E-state index in [1.807, 2.05) is 13.8 Å². The van der Waals surface area contributed by atoms with Gasteiger partial charge in [-0.05, 0) is 5.92 Å². The Kier molecular flexibility index (Phi) is 2.27. The summed E-state index contributed by atoms with van der Waals surface area (Å²) in [6, 6.07) is 0. The van der Waals surface area contributed by atoms with Crippen LogP contribution in [0.4, 0.5) is 0 Å². The van der Waals surface area contributed by atoms with Gasteiger partial charge in [0.15, 0.2) is 0 Å². The molecule has 3 heteroatoms. The Hall–Kier alpha value is -0.860. The van der Waals surface area contributed by atoms with Crippen LogP contribution < -0.4 is 5.32 Å². The summed E-state index contributed by atoms with van der Waals surface area (Å²) >= 11 is 0. The molecule has 0 aromatic carbocycles. The number of carbonyl (C=O) groups is 2. The van der Waals surface area contributed by atoms with Gasteiger partial charge in [-0.15, -0.1) is 0 Å². The molecule has 1 heterocycles. The first kappa shape index (κ1) is 8.24. The molecule has 2 atom stereocenters. The second kappa shape index (κ2) is 3.03. The minimum Gasteiger partial charge on any atom is -0.296 e. The highest BCUT2D eigenvalue weighted by atomic mass is 16.2. The molecule has 62 valence electrons. The molecule has 0 bridgehead atoms. The minimum atomic E-state index is -0.125. The number of imide groups is 1. The Balaban J connectivity index is 2.59. The van der Waals surface area contributed by atoms with E-state index >= 15 is 0 Å². The van der Waals surface area contributed by atoms with Crippen molar-refractivity contribution in [3.05, 3.63) is 0 Å². The largest absolute Gasteiger partial charge is 0.296 e. The molecule has 1 N–H and O–H groups in total. The molecule has 1 aliphatic heterocycles. The van der Waals surface area contributed by atoms with E-state index in [0.29, 0.717) is 12.3 Å². The van der Waals surface area contributed by atoms with Crippen LogP contribution in [0.2, 0.25) is 0 Å². The maximum atomic E-state index is 11.1. The SMILES string of the molecule is CC[C@H](C)[C@H]1CC(=O)NC1=O. The van der Waals surface area contributed by atoms with E-state index in [9.17, 15) is 9.59 Å². The van der Waals surface area contributed by atoms with Gasteiger partial charge in [0.1, 0.15) is 0 Å². The van der Waals surface area contributed by atoms with Crippen molar-refractivity contribution in [2.24, 2.45) is 11.8 Å². The zero-order valence-electron chi connectivity index (χ0n) is 6.89. The summed E-state index contributed by atoms with van der Waals surface area (Å²) in [5.41, 5.74) is 0. The summed E-state index contributed by atoms with van der Waals surface area (Å²) in [5, 5.41) is 2.30. The predicted octanol–water partition coefficient (Wildman–Crippen LogP) is 0.695. The van der Waals surface area contributed by atoms with E-state index in [4.69, 9.17) is 0 Å². The van der Waals surface area contributed by atoms with Crippen LogP contribution in [0.15, 0.2) is 0 Å². The van der Waals surface area contributed by atoms with Crippen molar-refractivity contribution in [2.45, 2.75) is 26.7 Å². The van der Waals surface area contributed by atoms with Gasteiger partial charge in [0, 0.05) is 12.3 Å².